The fourth-order valence-corrected chi connectivity index (χ4v) is 1.45. The summed E-state index contributed by atoms with van der Waals surface area (Å²) >= 11 is 0. The summed E-state index contributed by atoms with van der Waals surface area (Å²) in [4.78, 5) is 22.4. The predicted octanol–water partition coefficient (Wildman–Crippen LogP) is 1.47. The summed E-state index contributed by atoms with van der Waals surface area (Å²) in [7, 11) is 1.56. The molecule has 6 nitrogen and oxygen atoms in total. The molecule has 19 heavy (non-hydrogen) atoms. The maximum Gasteiger partial charge on any atom is 0.319 e. The number of carboxylic acid groups (broad SMARTS) is 1. The fraction of sp³-hybridized carbons (Fsp3) is 0.385. The predicted molar refractivity (Wildman–Crippen MR) is 71.3 cm³/mol. The molecule has 3 N–H and O–H groups in total. The highest BCUT2D eigenvalue weighted by atomic mass is 16.5. The lowest BCUT2D eigenvalue weighted by Crippen LogP contribution is -2.35. The highest BCUT2D eigenvalue weighted by molar-refractivity contribution is 5.90. The molecule has 6 heteroatoms. The Labute approximate surface area is 111 Å². The summed E-state index contributed by atoms with van der Waals surface area (Å²) in [6.07, 6.45) is -0.217. The van der Waals surface area contributed by atoms with Crippen molar-refractivity contribution in [2.24, 2.45) is 0 Å². The Hall–Kier alpha value is -2.08. The van der Waals surface area contributed by atoms with Crippen LogP contribution in [-0.4, -0.2) is 36.9 Å². The molecule has 1 atom stereocenters. The first-order valence-corrected chi connectivity index (χ1v) is 5.90. The van der Waals surface area contributed by atoms with Gasteiger partial charge in [0, 0.05) is 19.3 Å². The number of anilines is 1. The molecule has 1 aromatic rings. The first kappa shape index (κ1) is 15.0. The molecule has 0 saturated carbocycles. The number of hydrogen-bond donors (Lipinski definition) is 3. The van der Waals surface area contributed by atoms with E-state index in [1.807, 2.05) is 6.92 Å². The van der Waals surface area contributed by atoms with Gasteiger partial charge in [-0.05, 0) is 18.6 Å². The maximum atomic E-state index is 11.6. The molecule has 0 radical (unpaired) electrons. The number of carbonyl (C=O) groups is 2. The van der Waals surface area contributed by atoms with Gasteiger partial charge >= 0.3 is 12.0 Å². The number of aliphatic carboxylic acids is 1. The van der Waals surface area contributed by atoms with Crippen LogP contribution in [0.4, 0.5) is 10.5 Å². The van der Waals surface area contributed by atoms with Crippen LogP contribution in [0, 0.1) is 0 Å². The van der Waals surface area contributed by atoms with Crippen LogP contribution in [-0.2, 0) is 16.0 Å². The number of carbonyl (C=O) groups excluding carboxylic acids is 1. The molecular weight excluding hydrogens is 248 g/mol. The highest BCUT2D eigenvalue weighted by Crippen LogP contribution is 2.15. The van der Waals surface area contributed by atoms with Crippen molar-refractivity contribution in [1.29, 1.82) is 0 Å². The number of nitrogens with one attached hydrogen (secondary N) is 2. The van der Waals surface area contributed by atoms with E-state index in [4.69, 9.17) is 9.84 Å². The second kappa shape index (κ2) is 7.38. The van der Waals surface area contributed by atoms with Crippen LogP contribution < -0.4 is 10.6 Å². The topological polar surface area (TPSA) is 87.7 Å². The molecule has 0 spiro atoms. The summed E-state index contributed by atoms with van der Waals surface area (Å²) in [5.74, 6) is -0.942. The molecule has 0 fully saturated rings. The number of ether oxygens (including phenoxy) is 1. The van der Waals surface area contributed by atoms with Gasteiger partial charge in [0.2, 0.25) is 0 Å². The zero-order valence-corrected chi connectivity index (χ0v) is 11.0. The normalized spacial score (nSPS) is 11.7. The van der Waals surface area contributed by atoms with Gasteiger partial charge in [0.05, 0.1) is 12.5 Å². The van der Waals surface area contributed by atoms with Crippen molar-refractivity contribution in [3.8, 4) is 0 Å². The Morgan fingerprint density at radius 2 is 2.05 bits per heavy atom. The lowest BCUT2D eigenvalue weighted by molar-refractivity contribution is -0.136. The van der Waals surface area contributed by atoms with Crippen molar-refractivity contribution in [2.75, 3.05) is 19.0 Å². The molecule has 0 heterocycles. The lowest BCUT2D eigenvalue weighted by atomic mass is 10.1. The summed E-state index contributed by atoms with van der Waals surface area (Å²) in [5, 5.41) is 14.1. The van der Waals surface area contributed by atoms with Crippen LogP contribution in [0.3, 0.4) is 0 Å². The number of hydrogen-bond acceptors (Lipinski definition) is 3. The van der Waals surface area contributed by atoms with Gasteiger partial charge < -0.3 is 20.5 Å². The van der Waals surface area contributed by atoms with E-state index >= 15 is 0 Å². The Kier molecular flexibility index (Phi) is 5.81. The van der Waals surface area contributed by atoms with Gasteiger partial charge in [0.15, 0.2) is 0 Å². The van der Waals surface area contributed by atoms with E-state index in [2.05, 4.69) is 10.6 Å². The first-order valence-electron chi connectivity index (χ1n) is 5.90. The smallest absolute Gasteiger partial charge is 0.319 e. The SMILES string of the molecule is COC(C)CNC(=O)Nc1ccccc1CC(=O)O. The van der Waals surface area contributed by atoms with Crippen molar-refractivity contribution < 1.29 is 19.4 Å². The van der Waals surface area contributed by atoms with Crippen LogP contribution in [0.2, 0.25) is 0 Å². The van der Waals surface area contributed by atoms with Crippen molar-refractivity contribution in [1.82, 2.24) is 5.32 Å². The average Bonchev–Trinajstić information content (AvgIpc) is 2.37. The van der Waals surface area contributed by atoms with Crippen LogP contribution in [0.5, 0.6) is 0 Å². The minimum atomic E-state index is -0.942. The Balaban J connectivity index is 2.61. The third kappa shape index (κ3) is 5.39. The molecule has 104 valence electrons. The highest BCUT2D eigenvalue weighted by Gasteiger charge is 2.09. The van der Waals surface area contributed by atoms with Crippen LogP contribution in [0.25, 0.3) is 0 Å². The number of para-hydroxylation sites is 1. The Bertz CT molecular complexity index is 448. The van der Waals surface area contributed by atoms with E-state index in [1.165, 1.54) is 0 Å². The molecule has 2 amide bonds. The summed E-state index contributed by atoms with van der Waals surface area (Å²) in [5.41, 5.74) is 1.05. The second-order valence-corrected chi connectivity index (χ2v) is 4.11. The van der Waals surface area contributed by atoms with Crippen LogP contribution >= 0.6 is 0 Å². The van der Waals surface area contributed by atoms with Gasteiger partial charge in [-0.1, -0.05) is 18.2 Å². The quantitative estimate of drug-likeness (QED) is 0.727. The molecule has 0 aliphatic rings. The van der Waals surface area contributed by atoms with Crippen molar-refractivity contribution >= 4 is 17.7 Å². The maximum absolute atomic E-state index is 11.6. The number of methoxy groups -OCH3 is 1. The fourth-order valence-electron chi connectivity index (χ4n) is 1.45. The zero-order chi connectivity index (χ0) is 14.3. The Morgan fingerprint density at radius 1 is 1.37 bits per heavy atom. The van der Waals surface area contributed by atoms with Crippen LogP contribution in [0.15, 0.2) is 24.3 Å². The van der Waals surface area contributed by atoms with E-state index in [-0.39, 0.29) is 18.6 Å². The molecule has 1 rings (SSSR count). The number of benzene rings is 1. The van der Waals surface area contributed by atoms with E-state index in [0.29, 0.717) is 17.8 Å². The third-order valence-corrected chi connectivity index (χ3v) is 2.56. The molecule has 0 saturated heterocycles. The van der Waals surface area contributed by atoms with Gasteiger partial charge in [0.1, 0.15) is 0 Å². The molecule has 0 aliphatic carbocycles. The molecule has 0 bridgehead atoms. The van der Waals surface area contributed by atoms with Gasteiger partial charge in [-0.25, -0.2) is 4.79 Å². The first-order chi connectivity index (χ1) is 9.02. The Morgan fingerprint density at radius 3 is 2.68 bits per heavy atom. The average molecular weight is 266 g/mol. The zero-order valence-electron chi connectivity index (χ0n) is 11.0. The molecule has 0 aliphatic heterocycles. The van der Waals surface area contributed by atoms with E-state index in [0.717, 1.165) is 0 Å². The number of urea groups is 1. The number of amides is 2. The summed E-state index contributed by atoms with van der Waals surface area (Å²) in [6.45, 7) is 2.21. The monoisotopic (exact) mass is 266 g/mol. The van der Waals surface area contributed by atoms with Crippen LogP contribution in [0.1, 0.15) is 12.5 Å². The van der Waals surface area contributed by atoms with Gasteiger partial charge in [0.25, 0.3) is 0 Å². The summed E-state index contributed by atoms with van der Waals surface area (Å²) in [6, 6.07) is 6.41. The van der Waals surface area contributed by atoms with Gasteiger partial charge in [-0.2, -0.15) is 0 Å². The molecule has 1 aromatic carbocycles. The van der Waals surface area contributed by atoms with E-state index in [1.54, 1.807) is 31.4 Å². The standard InChI is InChI=1S/C13H18N2O4/c1-9(19-2)8-14-13(18)15-11-6-4-3-5-10(11)7-12(16)17/h3-6,9H,7-8H2,1-2H3,(H,16,17)(H2,14,15,18). The van der Waals surface area contributed by atoms with Gasteiger partial charge in [-0.3, -0.25) is 4.79 Å². The van der Waals surface area contributed by atoms with Crippen molar-refractivity contribution in [3.63, 3.8) is 0 Å². The molecular formula is C13H18N2O4. The van der Waals surface area contributed by atoms with Crippen molar-refractivity contribution in [2.45, 2.75) is 19.4 Å². The second-order valence-electron chi connectivity index (χ2n) is 4.11. The minimum absolute atomic E-state index is 0.0833. The lowest BCUT2D eigenvalue weighted by Gasteiger charge is -2.13. The van der Waals surface area contributed by atoms with E-state index < -0.39 is 5.97 Å². The molecule has 1 unspecified atom stereocenters. The largest absolute Gasteiger partial charge is 0.481 e. The van der Waals surface area contributed by atoms with E-state index in [9.17, 15) is 9.59 Å². The van der Waals surface area contributed by atoms with Gasteiger partial charge in [-0.15, -0.1) is 0 Å². The third-order valence-electron chi connectivity index (χ3n) is 2.56. The summed E-state index contributed by atoms with van der Waals surface area (Å²) < 4.78 is 5.01. The molecule has 0 aromatic heterocycles. The van der Waals surface area contributed by atoms with Crippen molar-refractivity contribution in [3.05, 3.63) is 29.8 Å². The minimum Gasteiger partial charge on any atom is -0.481 e. The number of rotatable bonds is 6. The number of carboxylic acids is 1.